The lowest BCUT2D eigenvalue weighted by Gasteiger charge is -2.07. The summed E-state index contributed by atoms with van der Waals surface area (Å²) in [5.74, 6) is 1.43. The summed E-state index contributed by atoms with van der Waals surface area (Å²) in [7, 11) is 1.63. The molecule has 21 heavy (non-hydrogen) atoms. The van der Waals surface area contributed by atoms with Crippen molar-refractivity contribution in [2.24, 2.45) is 0 Å². The first kappa shape index (κ1) is 13.1. The summed E-state index contributed by atoms with van der Waals surface area (Å²) in [6.07, 6.45) is 0. The molecule has 1 heterocycles. The first-order chi connectivity index (χ1) is 10.2. The van der Waals surface area contributed by atoms with Gasteiger partial charge >= 0.3 is 0 Å². The molecule has 0 fully saturated rings. The van der Waals surface area contributed by atoms with Gasteiger partial charge in [0, 0.05) is 11.3 Å². The van der Waals surface area contributed by atoms with Crippen molar-refractivity contribution in [1.29, 1.82) is 0 Å². The van der Waals surface area contributed by atoms with Gasteiger partial charge in [0.1, 0.15) is 5.75 Å². The van der Waals surface area contributed by atoms with Crippen LogP contribution < -0.4 is 10.5 Å². The Balaban J connectivity index is 2.07. The Morgan fingerprint density at radius 1 is 1.10 bits per heavy atom. The lowest BCUT2D eigenvalue weighted by atomic mass is 10.1. The fourth-order valence-corrected chi connectivity index (χ4v) is 2.21. The summed E-state index contributed by atoms with van der Waals surface area (Å²) >= 11 is 0. The molecule has 6 nitrogen and oxygen atoms in total. The van der Waals surface area contributed by atoms with E-state index < -0.39 is 0 Å². The summed E-state index contributed by atoms with van der Waals surface area (Å²) < 4.78 is 6.83. The second kappa shape index (κ2) is 5.24. The van der Waals surface area contributed by atoms with E-state index in [0.717, 1.165) is 22.6 Å². The second-order valence-electron chi connectivity index (χ2n) is 4.74. The maximum atomic E-state index is 5.90. The van der Waals surface area contributed by atoms with E-state index >= 15 is 0 Å². The minimum atomic E-state index is 0.649. The summed E-state index contributed by atoms with van der Waals surface area (Å²) in [5, 5.41) is 11.9. The molecule has 0 atom stereocenters. The van der Waals surface area contributed by atoms with Crippen molar-refractivity contribution in [3.63, 3.8) is 0 Å². The second-order valence-corrected chi connectivity index (χ2v) is 4.74. The molecule has 3 aromatic rings. The minimum absolute atomic E-state index is 0.649. The largest absolute Gasteiger partial charge is 0.497 e. The van der Waals surface area contributed by atoms with Crippen molar-refractivity contribution in [3.05, 3.63) is 48.0 Å². The van der Waals surface area contributed by atoms with Crippen molar-refractivity contribution in [1.82, 2.24) is 20.2 Å². The quantitative estimate of drug-likeness (QED) is 0.745. The number of aryl methyl sites for hydroxylation is 1. The van der Waals surface area contributed by atoms with E-state index in [-0.39, 0.29) is 0 Å². The van der Waals surface area contributed by atoms with Crippen molar-refractivity contribution < 1.29 is 4.74 Å². The molecule has 1 aromatic heterocycles. The molecule has 0 spiro atoms. The van der Waals surface area contributed by atoms with Gasteiger partial charge in [-0.25, -0.2) is 0 Å². The van der Waals surface area contributed by atoms with E-state index in [4.69, 9.17) is 10.5 Å². The van der Waals surface area contributed by atoms with Crippen LogP contribution in [0.25, 0.3) is 17.1 Å². The Labute approximate surface area is 122 Å². The Hall–Kier alpha value is -2.89. The van der Waals surface area contributed by atoms with Crippen LogP contribution in [-0.4, -0.2) is 27.3 Å². The van der Waals surface area contributed by atoms with E-state index in [9.17, 15) is 0 Å². The number of tetrazole rings is 1. The Morgan fingerprint density at radius 2 is 1.86 bits per heavy atom. The van der Waals surface area contributed by atoms with E-state index in [0.29, 0.717) is 11.5 Å². The molecule has 2 aromatic carbocycles. The number of rotatable bonds is 3. The van der Waals surface area contributed by atoms with Crippen molar-refractivity contribution >= 4 is 5.69 Å². The predicted octanol–water partition coefficient (Wildman–Crippen LogP) is 2.23. The average Bonchev–Trinajstić information content (AvgIpc) is 2.96. The molecule has 0 saturated heterocycles. The normalized spacial score (nSPS) is 10.6. The van der Waals surface area contributed by atoms with Crippen molar-refractivity contribution in [3.8, 4) is 22.8 Å². The SMILES string of the molecule is COc1ccc(-n2nnnc2-c2cc(C)cc(N)c2)cc1. The first-order valence-electron chi connectivity index (χ1n) is 6.48. The number of aromatic nitrogens is 4. The molecule has 0 unspecified atom stereocenters. The fourth-order valence-electron chi connectivity index (χ4n) is 2.21. The molecule has 0 bridgehead atoms. The lowest BCUT2D eigenvalue weighted by molar-refractivity contribution is 0.414. The molecular formula is C15H15N5O. The number of nitrogens with zero attached hydrogens (tertiary/aromatic N) is 4. The van der Waals surface area contributed by atoms with E-state index in [2.05, 4.69) is 15.5 Å². The van der Waals surface area contributed by atoms with E-state index in [1.165, 1.54) is 0 Å². The smallest absolute Gasteiger partial charge is 0.187 e. The fraction of sp³-hybridized carbons (Fsp3) is 0.133. The van der Waals surface area contributed by atoms with Crippen LogP contribution in [-0.2, 0) is 0 Å². The third-order valence-electron chi connectivity index (χ3n) is 3.14. The Morgan fingerprint density at radius 3 is 2.52 bits per heavy atom. The van der Waals surface area contributed by atoms with Gasteiger partial charge in [0.2, 0.25) is 0 Å². The summed E-state index contributed by atoms with van der Waals surface area (Å²) in [5.41, 5.74) is 9.39. The molecule has 0 aliphatic carbocycles. The first-order valence-corrected chi connectivity index (χ1v) is 6.48. The van der Waals surface area contributed by atoms with Gasteiger partial charge in [-0.05, 0) is 65.4 Å². The van der Waals surface area contributed by atoms with Gasteiger partial charge in [0.15, 0.2) is 5.82 Å². The summed E-state index contributed by atoms with van der Waals surface area (Å²) in [6.45, 7) is 1.99. The van der Waals surface area contributed by atoms with Gasteiger partial charge in [-0.1, -0.05) is 0 Å². The molecule has 0 amide bonds. The third-order valence-corrected chi connectivity index (χ3v) is 3.14. The third kappa shape index (κ3) is 2.55. The molecule has 0 radical (unpaired) electrons. The number of nitrogens with two attached hydrogens (primary N) is 1. The Bertz CT molecular complexity index is 744. The van der Waals surface area contributed by atoms with Crippen LogP contribution in [0.4, 0.5) is 5.69 Å². The lowest BCUT2D eigenvalue weighted by Crippen LogP contribution is -2.00. The van der Waals surface area contributed by atoms with Crippen LogP contribution in [0.3, 0.4) is 0 Å². The van der Waals surface area contributed by atoms with Gasteiger partial charge in [0.25, 0.3) is 0 Å². The van der Waals surface area contributed by atoms with Gasteiger partial charge < -0.3 is 10.5 Å². The molecular weight excluding hydrogens is 266 g/mol. The molecule has 106 valence electrons. The number of hydrogen-bond donors (Lipinski definition) is 1. The van der Waals surface area contributed by atoms with Crippen LogP contribution in [0.5, 0.6) is 5.75 Å². The standard InChI is InChI=1S/C15H15N5O/c1-10-7-11(9-12(16)8-10)15-17-18-19-20(15)13-3-5-14(21-2)6-4-13/h3-9H,16H2,1-2H3. The van der Waals surface area contributed by atoms with Crippen LogP contribution in [0, 0.1) is 6.92 Å². The van der Waals surface area contributed by atoms with E-state index in [1.807, 2.05) is 49.4 Å². The van der Waals surface area contributed by atoms with Gasteiger partial charge in [-0.3, -0.25) is 0 Å². The predicted molar refractivity (Wildman–Crippen MR) is 80.3 cm³/mol. The highest BCUT2D eigenvalue weighted by molar-refractivity contribution is 5.64. The molecule has 0 saturated carbocycles. The van der Waals surface area contributed by atoms with Gasteiger partial charge in [-0.2, -0.15) is 4.68 Å². The number of benzene rings is 2. The zero-order valence-corrected chi connectivity index (χ0v) is 11.8. The van der Waals surface area contributed by atoms with Crippen LogP contribution in [0.2, 0.25) is 0 Å². The monoisotopic (exact) mass is 281 g/mol. The number of hydrogen-bond acceptors (Lipinski definition) is 5. The van der Waals surface area contributed by atoms with Crippen LogP contribution in [0.15, 0.2) is 42.5 Å². The minimum Gasteiger partial charge on any atom is -0.497 e. The molecule has 0 aliphatic rings. The number of methoxy groups -OCH3 is 1. The van der Waals surface area contributed by atoms with Crippen LogP contribution >= 0.6 is 0 Å². The average molecular weight is 281 g/mol. The number of ether oxygens (including phenoxy) is 1. The highest BCUT2D eigenvalue weighted by Gasteiger charge is 2.11. The topological polar surface area (TPSA) is 78.8 Å². The number of nitrogen functional groups attached to an aromatic ring is 1. The van der Waals surface area contributed by atoms with E-state index in [1.54, 1.807) is 11.8 Å². The maximum Gasteiger partial charge on any atom is 0.187 e. The van der Waals surface area contributed by atoms with Crippen molar-refractivity contribution in [2.75, 3.05) is 12.8 Å². The molecule has 0 aliphatic heterocycles. The zero-order valence-electron chi connectivity index (χ0n) is 11.8. The van der Waals surface area contributed by atoms with Crippen LogP contribution in [0.1, 0.15) is 5.56 Å². The highest BCUT2D eigenvalue weighted by Crippen LogP contribution is 2.24. The van der Waals surface area contributed by atoms with Gasteiger partial charge in [0.05, 0.1) is 12.8 Å². The highest BCUT2D eigenvalue weighted by atomic mass is 16.5. The molecule has 6 heteroatoms. The molecule has 3 rings (SSSR count). The summed E-state index contributed by atoms with van der Waals surface area (Å²) in [4.78, 5) is 0. The van der Waals surface area contributed by atoms with Crippen molar-refractivity contribution in [2.45, 2.75) is 6.92 Å². The molecule has 2 N–H and O–H groups in total. The zero-order chi connectivity index (χ0) is 14.8. The number of anilines is 1. The van der Waals surface area contributed by atoms with Gasteiger partial charge in [-0.15, -0.1) is 5.10 Å². The maximum absolute atomic E-state index is 5.90. The Kier molecular flexibility index (Phi) is 3.27. The summed E-state index contributed by atoms with van der Waals surface area (Å²) in [6, 6.07) is 13.3.